The fraction of sp³-hybridized carbons (Fsp3) is 0.407. The standard InChI is InChI=1S/C27H30N4O3/c1-29(2)10-7-11-31-24-17(12-15(34-4)13-20(24)32)22-23-18(14-28-27(23)33)21-16-8-5-6-9-19(16)30(3)25(21)26(22)31/h5-6,8-9,13,24,26H,7,10-12,14H2,1-4H3,(H,28,33). The third-order valence-electron chi connectivity index (χ3n) is 7.77. The van der Waals surface area contributed by atoms with Gasteiger partial charge in [-0.05, 0) is 49.8 Å². The van der Waals surface area contributed by atoms with Crippen molar-refractivity contribution in [2.24, 2.45) is 7.05 Å². The maximum Gasteiger partial charge on any atom is 0.252 e. The van der Waals surface area contributed by atoms with Gasteiger partial charge in [-0.15, -0.1) is 0 Å². The van der Waals surface area contributed by atoms with Crippen molar-refractivity contribution in [3.63, 3.8) is 0 Å². The molecule has 6 rings (SSSR count). The highest BCUT2D eigenvalue weighted by Crippen LogP contribution is 2.56. The van der Waals surface area contributed by atoms with Gasteiger partial charge in [-0.2, -0.15) is 0 Å². The number of benzene rings is 1. The SMILES string of the molecule is COC1=CC(=O)C2C(=C3C4=C(CNC4=O)c4c(n(C)c5ccccc45)C3N2CCCN(C)C)C1. The number of fused-ring (bicyclic) bond motifs is 8. The molecule has 0 spiro atoms. The van der Waals surface area contributed by atoms with Crippen molar-refractivity contribution in [1.29, 1.82) is 0 Å². The van der Waals surface area contributed by atoms with Gasteiger partial charge in [-0.25, -0.2) is 0 Å². The van der Waals surface area contributed by atoms with E-state index in [-0.39, 0.29) is 23.8 Å². The number of hydrogen-bond donors (Lipinski definition) is 1. The second-order valence-electron chi connectivity index (χ2n) is 9.91. The summed E-state index contributed by atoms with van der Waals surface area (Å²) < 4.78 is 7.81. The molecule has 7 nitrogen and oxygen atoms in total. The van der Waals surface area contributed by atoms with E-state index in [1.807, 2.05) is 0 Å². The molecule has 1 N–H and O–H groups in total. The van der Waals surface area contributed by atoms with E-state index in [0.717, 1.165) is 58.3 Å². The first-order chi connectivity index (χ1) is 16.4. The highest BCUT2D eigenvalue weighted by molar-refractivity contribution is 6.16. The summed E-state index contributed by atoms with van der Waals surface area (Å²) in [6.45, 7) is 2.23. The van der Waals surface area contributed by atoms with Crippen LogP contribution in [0.25, 0.3) is 16.5 Å². The lowest BCUT2D eigenvalue weighted by molar-refractivity contribution is -0.119. The summed E-state index contributed by atoms with van der Waals surface area (Å²) in [4.78, 5) is 31.2. The molecule has 2 aromatic rings. The van der Waals surface area contributed by atoms with Gasteiger partial charge in [0.05, 0.1) is 24.8 Å². The Morgan fingerprint density at radius 1 is 1.18 bits per heavy atom. The monoisotopic (exact) mass is 458 g/mol. The van der Waals surface area contributed by atoms with Gasteiger partial charge in [0.2, 0.25) is 0 Å². The number of allylic oxidation sites excluding steroid dienone is 1. The van der Waals surface area contributed by atoms with Crippen LogP contribution in [0.3, 0.4) is 0 Å². The van der Waals surface area contributed by atoms with Crippen molar-refractivity contribution in [3.05, 3.63) is 64.1 Å². The Morgan fingerprint density at radius 3 is 2.74 bits per heavy atom. The summed E-state index contributed by atoms with van der Waals surface area (Å²) in [6, 6.07) is 7.91. The number of nitrogens with one attached hydrogen (secondary N) is 1. The zero-order valence-electron chi connectivity index (χ0n) is 20.1. The number of para-hydroxylation sites is 1. The maximum atomic E-state index is 13.5. The molecule has 176 valence electrons. The van der Waals surface area contributed by atoms with Crippen LogP contribution in [0.5, 0.6) is 0 Å². The smallest absolute Gasteiger partial charge is 0.252 e. The van der Waals surface area contributed by atoms with Crippen LogP contribution in [0.15, 0.2) is 52.8 Å². The van der Waals surface area contributed by atoms with E-state index < -0.39 is 0 Å². The summed E-state index contributed by atoms with van der Waals surface area (Å²) in [5.74, 6) is 0.683. The Hall–Kier alpha value is -3.16. The van der Waals surface area contributed by atoms with Gasteiger partial charge in [-0.3, -0.25) is 14.5 Å². The summed E-state index contributed by atoms with van der Waals surface area (Å²) >= 11 is 0. The predicted octanol–water partition coefficient (Wildman–Crippen LogP) is 2.55. The average molecular weight is 459 g/mol. The fourth-order valence-electron chi connectivity index (χ4n) is 6.42. The molecular weight excluding hydrogens is 428 g/mol. The number of carbonyl (C=O) groups excluding carboxylic acids is 2. The normalized spacial score (nSPS) is 23.9. The number of aromatic nitrogens is 1. The Kier molecular flexibility index (Phi) is 4.83. The molecule has 4 aliphatic rings. The number of carbonyl (C=O) groups is 2. The number of nitrogens with zero attached hydrogens (tertiary/aromatic N) is 3. The van der Waals surface area contributed by atoms with Crippen molar-refractivity contribution in [3.8, 4) is 0 Å². The summed E-state index contributed by atoms with van der Waals surface area (Å²) in [6.07, 6.45) is 3.15. The second-order valence-corrected chi connectivity index (χ2v) is 9.91. The molecule has 0 saturated heterocycles. The maximum absolute atomic E-state index is 13.5. The van der Waals surface area contributed by atoms with Crippen LogP contribution in [0.1, 0.15) is 30.1 Å². The topological polar surface area (TPSA) is 66.8 Å². The highest BCUT2D eigenvalue weighted by Gasteiger charge is 2.53. The van der Waals surface area contributed by atoms with E-state index in [9.17, 15) is 9.59 Å². The molecule has 1 aromatic heterocycles. The molecule has 2 atom stereocenters. The Bertz CT molecular complexity index is 1340. The number of methoxy groups -OCH3 is 1. The van der Waals surface area contributed by atoms with Gasteiger partial charge in [0.25, 0.3) is 5.91 Å². The first-order valence-electron chi connectivity index (χ1n) is 11.9. The third-order valence-corrected chi connectivity index (χ3v) is 7.77. The molecule has 0 fully saturated rings. The van der Waals surface area contributed by atoms with Crippen LogP contribution < -0.4 is 5.32 Å². The zero-order valence-corrected chi connectivity index (χ0v) is 20.1. The molecule has 0 radical (unpaired) electrons. The molecule has 2 aliphatic carbocycles. The fourth-order valence-corrected chi connectivity index (χ4v) is 6.42. The molecule has 0 bridgehead atoms. The average Bonchev–Trinajstić information content (AvgIpc) is 3.45. The lowest BCUT2D eigenvalue weighted by atomic mass is 9.80. The van der Waals surface area contributed by atoms with Crippen molar-refractivity contribution < 1.29 is 14.3 Å². The minimum absolute atomic E-state index is 0.0315. The first-order valence-corrected chi connectivity index (χ1v) is 11.9. The molecule has 1 amide bonds. The lowest BCUT2D eigenvalue weighted by Crippen LogP contribution is -2.43. The molecule has 34 heavy (non-hydrogen) atoms. The van der Waals surface area contributed by atoms with Gasteiger partial charge < -0.3 is 19.5 Å². The van der Waals surface area contributed by atoms with Crippen LogP contribution in [0, 0.1) is 0 Å². The number of amides is 1. The van der Waals surface area contributed by atoms with Crippen LogP contribution in [-0.4, -0.2) is 72.9 Å². The first kappa shape index (κ1) is 21.4. The van der Waals surface area contributed by atoms with Gasteiger partial charge in [0, 0.05) is 54.8 Å². The van der Waals surface area contributed by atoms with Crippen LogP contribution in [0.4, 0.5) is 0 Å². The van der Waals surface area contributed by atoms with Crippen molar-refractivity contribution in [2.75, 3.05) is 40.8 Å². The van der Waals surface area contributed by atoms with Crippen molar-refractivity contribution in [2.45, 2.75) is 24.9 Å². The Labute approximate surface area is 199 Å². The van der Waals surface area contributed by atoms with E-state index in [1.165, 1.54) is 5.69 Å². The molecule has 2 unspecified atom stereocenters. The lowest BCUT2D eigenvalue weighted by Gasteiger charge is -2.35. The number of ketones is 1. The second kappa shape index (κ2) is 7.68. The highest BCUT2D eigenvalue weighted by atomic mass is 16.5. The zero-order chi connectivity index (χ0) is 23.7. The number of aryl methyl sites for hydroxylation is 1. The minimum Gasteiger partial charge on any atom is -0.501 e. The van der Waals surface area contributed by atoms with E-state index in [1.54, 1.807) is 13.2 Å². The van der Waals surface area contributed by atoms with Gasteiger partial charge in [0.15, 0.2) is 5.78 Å². The molecule has 2 aliphatic heterocycles. The van der Waals surface area contributed by atoms with E-state index >= 15 is 0 Å². The summed E-state index contributed by atoms with van der Waals surface area (Å²) in [7, 11) is 7.86. The summed E-state index contributed by atoms with van der Waals surface area (Å²) in [5, 5.41) is 4.25. The predicted molar refractivity (Wildman–Crippen MR) is 131 cm³/mol. The quantitative estimate of drug-likeness (QED) is 0.746. The van der Waals surface area contributed by atoms with Crippen LogP contribution in [0.2, 0.25) is 0 Å². The number of ether oxygens (including phenoxy) is 1. The number of rotatable bonds is 5. The minimum atomic E-state index is -0.354. The van der Waals surface area contributed by atoms with Gasteiger partial charge in [0.1, 0.15) is 5.76 Å². The van der Waals surface area contributed by atoms with E-state index in [0.29, 0.717) is 18.7 Å². The molecule has 3 heterocycles. The molecule has 7 heteroatoms. The Morgan fingerprint density at radius 2 is 1.97 bits per heavy atom. The van der Waals surface area contributed by atoms with Gasteiger partial charge >= 0.3 is 0 Å². The Balaban J connectivity index is 1.62. The molecular formula is C27H30N4O3. The summed E-state index contributed by atoms with van der Waals surface area (Å²) in [5.41, 5.74) is 7.37. The van der Waals surface area contributed by atoms with Crippen molar-refractivity contribution >= 4 is 28.2 Å². The van der Waals surface area contributed by atoms with E-state index in [2.05, 4.69) is 65.1 Å². The van der Waals surface area contributed by atoms with Crippen LogP contribution >= 0.6 is 0 Å². The van der Waals surface area contributed by atoms with Gasteiger partial charge in [-0.1, -0.05) is 18.2 Å². The van der Waals surface area contributed by atoms with Crippen molar-refractivity contribution in [1.82, 2.24) is 19.7 Å². The molecule has 1 aromatic carbocycles. The number of hydrogen-bond acceptors (Lipinski definition) is 5. The molecule has 0 saturated carbocycles. The van der Waals surface area contributed by atoms with E-state index in [4.69, 9.17) is 4.74 Å². The largest absolute Gasteiger partial charge is 0.501 e. The third kappa shape index (κ3) is 2.83. The van der Waals surface area contributed by atoms with Crippen LogP contribution in [-0.2, 0) is 21.4 Å².